The zero-order chi connectivity index (χ0) is 13.8. The van der Waals surface area contributed by atoms with Crippen LogP contribution in [0.3, 0.4) is 0 Å². The smallest absolute Gasteiger partial charge is 0.137 e. The molecule has 1 aromatic heterocycles. The number of benzene rings is 1. The molecule has 0 fully saturated rings. The highest BCUT2D eigenvalue weighted by Gasteiger charge is 2.17. The SMILES string of the molecule is CCCNC(c1ccc(F)c(Br)c1)c1cscc1C. The first-order chi connectivity index (χ1) is 9.13. The van der Waals surface area contributed by atoms with Crippen LogP contribution in [-0.2, 0) is 0 Å². The molecule has 102 valence electrons. The number of rotatable bonds is 5. The molecule has 1 heterocycles. The van der Waals surface area contributed by atoms with Crippen molar-refractivity contribution in [2.45, 2.75) is 26.3 Å². The van der Waals surface area contributed by atoms with Crippen LogP contribution in [0.15, 0.2) is 33.4 Å². The van der Waals surface area contributed by atoms with Gasteiger partial charge in [0, 0.05) is 0 Å². The van der Waals surface area contributed by atoms with Gasteiger partial charge in [0.2, 0.25) is 0 Å². The molecule has 0 aliphatic heterocycles. The van der Waals surface area contributed by atoms with Crippen LogP contribution in [0.4, 0.5) is 4.39 Å². The third kappa shape index (κ3) is 3.44. The van der Waals surface area contributed by atoms with Gasteiger partial charge in [0.15, 0.2) is 0 Å². The maximum absolute atomic E-state index is 13.4. The lowest BCUT2D eigenvalue weighted by Gasteiger charge is -2.20. The van der Waals surface area contributed by atoms with Crippen molar-refractivity contribution in [3.8, 4) is 0 Å². The van der Waals surface area contributed by atoms with Crippen molar-refractivity contribution >= 4 is 27.3 Å². The molecule has 0 aliphatic carbocycles. The molecule has 1 nitrogen and oxygen atoms in total. The Morgan fingerprint density at radius 2 is 2.16 bits per heavy atom. The normalized spacial score (nSPS) is 12.6. The van der Waals surface area contributed by atoms with E-state index in [0.29, 0.717) is 4.47 Å². The van der Waals surface area contributed by atoms with E-state index in [0.717, 1.165) is 18.5 Å². The van der Waals surface area contributed by atoms with Gasteiger partial charge >= 0.3 is 0 Å². The van der Waals surface area contributed by atoms with E-state index in [9.17, 15) is 4.39 Å². The molecule has 0 amide bonds. The molecule has 0 saturated carbocycles. The molecule has 1 N–H and O–H groups in total. The van der Waals surface area contributed by atoms with Gasteiger partial charge < -0.3 is 5.32 Å². The van der Waals surface area contributed by atoms with Gasteiger partial charge in [-0.05, 0) is 75.4 Å². The molecule has 0 spiro atoms. The molecule has 0 bridgehead atoms. The van der Waals surface area contributed by atoms with E-state index in [1.54, 1.807) is 11.3 Å². The van der Waals surface area contributed by atoms with Crippen LogP contribution in [0.25, 0.3) is 0 Å². The molecule has 1 aromatic carbocycles. The maximum atomic E-state index is 13.4. The zero-order valence-electron chi connectivity index (χ0n) is 11.0. The van der Waals surface area contributed by atoms with Crippen LogP contribution < -0.4 is 5.32 Å². The second-order valence-electron chi connectivity index (χ2n) is 4.57. The van der Waals surface area contributed by atoms with Crippen LogP contribution in [-0.4, -0.2) is 6.54 Å². The van der Waals surface area contributed by atoms with Crippen molar-refractivity contribution in [1.29, 1.82) is 0 Å². The molecule has 1 atom stereocenters. The summed E-state index contributed by atoms with van der Waals surface area (Å²) in [5.41, 5.74) is 3.64. The van der Waals surface area contributed by atoms with Crippen molar-refractivity contribution < 1.29 is 4.39 Å². The predicted octanol–water partition coefficient (Wildman–Crippen LogP) is 5.05. The number of thiophene rings is 1. The van der Waals surface area contributed by atoms with Crippen molar-refractivity contribution in [3.05, 3.63) is 55.9 Å². The summed E-state index contributed by atoms with van der Waals surface area (Å²) in [6.07, 6.45) is 1.07. The molecule has 4 heteroatoms. The van der Waals surface area contributed by atoms with Crippen molar-refractivity contribution in [2.24, 2.45) is 0 Å². The summed E-state index contributed by atoms with van der Waals surface area (Å²) in [4.78, 5) is 0. The van der Waals surface area contributed by atoms with Gasteiger partial charge in [-0.1, -0.05) is 13.0 Å². The quantitative estimate of drug-likeness (QED) is 0.802. The third-order valence-electron chi connectivity index (χ3n) is 3.08. The second kappa shape index (κ2) is 6.64. The summed E-state index contributed by atoms with van der Waals surface area (Å²) >= 11 is 4.97. The van der Waals surface area contributed by atoms with Gasteiger partial charge in [-0.15, -0.1) is 0 Å². The molecule has 2 aromatic rings. The van der Waals surface area contributed by atoms with E-state index in [-0.39, 0.29) is 11.9 Å². The molecular weight excluding hydrogens is 325 g/mol. The molecular formula is C15H17BrFNS. The Balaban J connectivity index is 2.37. The monoisotopic (exact) mass is 341 g/mol. The maximum Gasteiger partial charge on any atom is 0.137 e. The van der Waals surface area contributed by atoms with E-state index in [2.05, 4.69) is 45.9 Å². The molecule has 1 unspecified atom stereocenters. The lowest BCUT2D eigenvalue weighted by Crippen LogP contribution is -2.23. The number of hydrogen-bond acceptors (Lipinski definition) is 2. The predicted molar refractivity (Wildman–Crippen MR) is 83.3 cm³/mol. The van der Waals surface area contributed by atoms with Gasteiger partial charge in [0.25, 0.3) is 0 Å². The summed E-state index contributed by atoms with van der Waals surface area (Å²) in [7, 11) is 0. The summed E-state index contributed by atoms with van der Waals surface area (Å²) in [6.45, 7) is 5.20. The van der Waals surface area contributed by atoms with E-state index in [1.807, 2.05) is 12.1 Å². The lowest BCUT2D eigenvalue weighted by molar-refractivity contribution is 0.590. The second-order valence-corrected chi connectivity index (χ2v) is 6.17. The molecule has 0 aliphatic rings. The van der Waals surface area contributed by atoms with Gasteiger partial charge in [0.05, 0.1) is 10.5 Å². The Morgan fingerprint density at radius 3 is 2.74 bits per heavy atom. The first kappa shape index (κ1) is 14.7. The fourth-order valence-electron chi connectivity index (χ4n) is 2.05. The minimum atomic E-state index is -0.222. The number of halogens is 2. The minimum Gasteiger partial charge on any atom is -0.306 e. The van der Waals surface area contributed by atoms with Crippen LogP contribution in [0.5, 0.6) is 0 Å². The van der Waals surface area contributed by atoms with Crippen molar-refractivity contribution in [3.63, 3.8) is 0 Å². The average molecular weight is 342 g/mol. The summed E-state index contributed by atoms with van der Waals surface area (Å²) in [6, 6.07) is 5.36. The molecule has 0 radical (unpaired) electrons. The van der Waals surface area contributed by atoms with E-state index in [1.165, 1.54) is 17.2 Å². The Hall–Kier alpha value is -0.710. The number of hydrogen-bond donors (Lipinski definition) is 1. The Labute approximate surface area is 126 Å². The summed E-state index contributed by atoms with van der Waals surface area (Å²) in [5.74, 6) is -0.222. The fourth-order valence-corrected chi connectivity index (χ4v) is 3.33. The minimum absolute atomic E-state index is 0.128. The average Bonchev–Trinajstić information content (AvgIpc) is 2.80. The van der Waals surface area contributed by atoms with Crippen LogP contribution in [0.1, 0.15) is 36.1 Å². The van der Waals surface area contributed by atoms with Crippen LogP contribution in [0, 0.1) is 12.7 Å². The summed E-state index contributed by atoms with van der Waals surface area (Å²) < 4.78 is 13.9. The van der Waals surface area contributed by atoms with Gasteiger partial charge in [-0.25, -0.2) is 4.39 Å². The highest BCUT2D eigenvalue weighted by atomic mass is 79.9. The first-order valence-corrected chi connectivity index (χ1v) is 8.08. The Morgan fingerprint density at radius 1 is 1.37 bits per heavy atom. The van der Waals surface area contributed by atoms with E-state index >= 15 is 0 Å². The lowest BCUT2D eigenvalue weighted by atomic mass is 9.98. The largest absolute Gasteiger partial charge is 0.306 e. The van der Waals surface area contributed by atoms with Crippen molar-refractivity contribution in [2.75, 3.05) is 6.54 Å². The highest BCUT2D eigenvalue weighted by Crippen LogP contribution is 2.30. The van der Waals surface area contributed by atoms with Gasteiger partial charge in [0.1, 0.15) is 5.82 Å². The first-order valence-electron chi connectivity index (χ1n) is 6.34. The standard InChI is InChI=1S/C15H17BrFNS/c1-3-6-18-15(12-9-19-8-10(12)2)11-4-5-14(17)13(16)7-11/h4-5,7-9,15,18H,3,6H2,1-2H3. The molecule has 2 rings (SSSR count). The number of aryl methyl sites for hydroxylation is 1. The summed E-state index contributed by atoms with van der Waals surface area (Å²) in [5, 5.41) is 7.85. The van der Waals surface area contributed by atoms with Gasteiger partial charge in [-0.2, -0.15) is 11.3 Å². The Bertz CT molecular complexity index is 553. The zero-order valence-corrected chi connectivity index (χ0v) is 13.4. The highest BCUT2D eigenvalue weighted by molar-refractivity contribution is 9.10. The van der Waals surface area contributed by atoms with E-state index in [4.69, 9.17) is 0 Å². The van der Waals surface area contributed by atoms with Gasteiger partial charge in [-0.3, -0.25) is 0 Å². The van der Waals surface area contributed by atoms with E-state index < -0.39 is 0 Å². The Kier molecular flexibility index (Phi) is 5.13. The third-order valence-corrected chi connectivity index (χ3v) is 4.57. The molecule has 0 saturated heterocycles. The molecule has 19 heavy (non-hydrogen) atoms. The topological polar surface area (TPSA) is 12.0 Å². The number of nitrogens with one attached hydrogen (secondary N) is 1. The van der Waals surface area contributed by atoms with Crippen LogP contribution >= 0.6 is 27.3 Å². The van der Waals surface area contributed by atoms with Crippen molar-refractivity contribution in [1.82, 2.24) is 5.32 Å². The fraction of sp³-hybridized carbons (Fsp3) is 0.333. The van der Waals surface area contributed by atoms with Crippen LogP contribution in [0.2, 0.25) is 0 Å².